The Balaban J connectivity index is 2.00. The van der Waals surface area contributed by atoms with Crippen LogP contribution in [0.2, 0.25) is 5.02 Å². The summed E-state index contributed by atoms with van der Waals surface area (Å²) in [5.41, 5.74) is 1.43. The van der Waals surface area contributed by atoms with Crippen LogP contribution in [0.5, 0.6) is 0 Å². The smallest absolute Gasteiger partial charge is 0.251 e. The van der Waals surface area contributed by atoms with Gasteiger partial charge >= 0.3 is 0 Å². The Morgan fingerprint density at radius 2 is 2.32 bits per heavy atom. The zero-order valence-corrected chi connectivity index (χ0v) is 11.9. The summed E-state index contributed by atoms with van der Waals surface area (Å²) in [5, 5.41) is 10.1. The van der Waals surface area contributed by atoms with Crippen LogP contribution in [0.15, 0.2) is 18.2 Å². The van der Waals surface area contributed by atoms with Gasteiger partial charge in [0, 0.05) is 25.2 Å². The first-order valence-electron chi connectivity index (χ1n) is 6.69. The Hall–Kier alpha value is -1.26. The second-order valence-electron chi connectivity index (χ2n) is 4.80. The minimum atomic E-state index is -0.101. The quantitative estimate of drug-likeness (QED) is 0.793. The number of hydrogen-bond donors (Lipinski definition) is 3. The highest BCUT2D eigenvalue weighted by molar-refractivity contribution is 6.33. The van der Waals surface area contributed by atoms with Crippen LogP contribution in [0.3, 0.4) is 0 Å². The standard InChI is InChI=1S/C14H20ClN3O/c1-16-14(19)10-5-6-12(15)13(8-10)18-9-11-4-2-3-7-17-11/h5-6,8,11,17-18H,2-4,7,9H2,1H3,(H,16,19). The van der Waals surface area contributed by atoms with Crippen LogP contribution >= 0.6 is 11.6 Å². The first-order valence-corrected chi connectivity index (χ1v) is 7.07. The molecule has 2 rings (SSSR count). The van der Waals surface area contributed by atoms with E-state index in [1.54, 1.807) is 25.2 Å². The summed E-state index contributed by atoms with van der Waals surface area (Å²) in [7, 11) is 1.62. The van der Waals surface area contributed by atoms with Crippen molar-refractivity contribution in [2.24, 2.45) is 0 Å². The highest BCUT2D eigenvalue weighted by atomic mass is 35.5. The summed E-state index contributed by atoms with van der Waals surface area (Å²) in [6.45, 7) is 1.91. The van der Waals surface area contributed by atoms with Crippen LogP contribution in [0.25, 0.3) is 0 Å². The fourth-order valence-corrected chi connectivity index (χ4v) is 2.46. The number of benzene rings is 1. The third-order valence-corrected chi connectivity index (χ3v) is 3.74. The Morgan fingerprint density at radius 3 is 3.00 bits per heavy atom. The largest absolute Gasteiger partial charge is 0.382 e. The van der Waals surface area contributed by atoms with Gasteiger partial charge in [-0.2, -0.15) is 0 Å². The topological polar surface area (TPSA) is 53.2 Å². The van der Waals surface area contributed by atoms with Crippen molar-refractivity contribution >= 4 is 23.2 Å². The number of nitrogens with one attached hydrogen (secondary N) is 3. The fourth-order valence-electron chi connectivity index (χ4n) is 2.28. The lowest BCUT2D eigenvalue weighted by Gasteiger charge is -2.24. The van der Waals surface area contributed by atoms with E-state index in [0.717, 1.165) is 18.8 Å². The van der Waals surface area contributed by atoms with E-state index < -0.39 is 0 Å². The van der Waals surface area contributed by atoms with Crippen molar-refractivity contribution in [3.63, 3.8) is 0 Å². The molecule has 0 radical (unpaired) electrons. The molecule has 1 aliphatic heterocycles. The predicted octanol–water partition coefficient (Wildman–Crippen LogP) is 2.25. The van der Waals surface area contributed by atoms with Gasteiger partial charge < -0.3 is 16.0 Å². The molecular formula is C14H20ClN3O. The number of anilines is 1. The summed E-state index contributed by atoms with van der Waals surface area (Å²) < 4.78 is 0. The minimum Gasteiger partial charge on any atom is -0.382 e. The van der Waals surface area contributed by atoms with Gasteiger partial charge in [-0.15, -0.1) is 0 Å². The number of piperidine rings is 1. The third-order valence-electron chi connectivity index (χ3n) is 3.41. The average molecular weight is 282 g/mol. The van der Waals surface area contributed by atoms with Gasteiger partial charge in [0.15, 0.2) is 0 Å². The van der Waals surface area contributed by atoms with Gasteiger partial charge in [0.25, 0.3) is 5.91 Å². The lowest BCUT2D eigenvalue weighted by Crippen LogP contribution is -2.39. The van der Waals surface area contributed by atoms with E-state index in [4.69, 9.17) is 11.6 Å². The first kappa shape index (κ1) is 14.2. The molecule has 1 saturated heterocycles. The maximum absolute atomic E-state index is 11.6. The molecule has 0 spiro atoms. The predicted molar refractivity (Wildman–Crippen MR) is 79.0 cm³/mol. The Morgan fingerprint density at radius 1 is 1.47 bits per heavy atom. The summed E-state index contributed by atoms with van der Waals surface area (Å²) in [6, 6.07) is 5.76. The summed E-state index contributed by atoms with van der Waals surface area (Å²) in [6.07, 6.45) is 3.70. The van der Waals surface area contributed by atoms with E-state index in [2.05, 4.69) is 16.0 Å². The van der Waals surface area contributed by atoms with Crippen molar-refractivity contribution in [3.8, 4) is 0 Å². The van der Waals surface area contributed by atoms with Gasteiger partial charge in [-0.25, -0.2) is 0 Å². The molecule has 1 atom stereocenters. The Bertz CT molecular complexity index is 444. The molecule has 1 fully saturated rings. The molecule has 0 aliphatic carbocycles. The number of halogens is 1. The molecular weight excluding hydrogens is 262 g/mol. The molecule has 3 N–H and O–H groups in total. The van der Waals surface area contributed by atoms with Gasteiger partial charge in [-0.1, -0.05) is 18.0 Å². The Labute approximate surface area is 118 Å². The summed E-state index contributed by atoms with van der Waals surface area (Å²) >= 11 is 6.15. The lowest BCUT2D eigenvalue weighted by atomic mass is 10.0. The van der Waals surface area contributed by atoms with Crippen LogP contribution in [0.4, 0.5) is 5.69 Å². The maximum Gasteiger partial charge on any atom is 0.251 e. The molecule has 0 saturated carbocycles. The molecule has 104 valence electrons. The molecule has 1 unspecified atom stereocenters. The van der Waals surface area contributed by atoms with Crippen molar-refractivity contribution in [3.05, 3.63) is 28.8 Å². The second-order valence-corrected chi connectivity index (χ2v) is 5.21. The highest BCUT2D eigenvalue weighted by Crippen LogP contribution is 2.23. The molecule has 5 heteroatoms. The van der Waals surface area contributed by atoms with Gasteiger partial charge in [-0.05, 0) is 37.6 Å². The lowest BCUT2D eigenvalue weighted by molar-refractivity contribution is 0.0963. The van der Waals surface area contributed by atoms with E-state index >= 15 is 0 Å². The first-order chi connectivity index (χ1) is 9.20. The normalized spacial score (nSPS) is 18.9. The number of hydrogen-bond acceptors (Lipinski definition) is 3. The molecule has 19 heavy (non-hydrogen) atoms. The van der Waals surface area contributed by atoms with Crippen molar-refractivity contribution < 1.29 is 4.79 Å². The molecule has 0 aromatic heterocycles. The number of carbonyl (C=O) groups excluding carboxylic acids is 1. The Kier molecular flexibility index (Phi) is 5.05. The zero-order chi connectivity index (χ0) is 13.7. The number of amides is 1. The van der Waals surface area contributed by atoms with Crippen LogP contribution in [0.1, 0.15) is 29.6 Å². The highest BCUT2D eigenvalue weighted by Gasteiger charge is 2.13. The van der Waals surface area contributed by atoms with E-state index in [-0.39, 0.29) is 5.91 Å². The van der Waals surface area contributed by atoms with Crippen LogP contribution in [-0.2, 0) is 0 Å². The van der Waals surface area contributed by atoms with E-state index in [9.17, 15) is 4.79 Å². The van der Waals surface area contributed by atoms with Crippen molar-refractivity contribution in [2.45, 2.75) is 25.3 Å². The molecule has 0 bridgehead atoms. The minimum absolute atomic E-state index is 0.101. The molecule has 1 aliphatic rings. The molecule has 1 aromatic carbocycles. The third kappa shape index (κ3) is 3.85. The summed E-state index contributed by atoms with van der Waals surface area (Å²) in [4.78, 5) is 11.6. The zero-order valence-electron chi connectivity index (χ0n) is 11.1. The molecule has 1 amide bonds. The number of carbonyl (C=O) groups is 1. The van der Waals surface area contributed by atoms with E-state index in [1.165, 1.54) is 19.3 Å². The SMILES string of the molecule is CNC(=O)c1ccc(Cl)c(NCC2CCCCN2)c1. The van der Waals surface area contributed by atoms with Crippen molar-refractivity contribution in [2.75, 3.05) is 25.5 Å². The van der Waals surface area contributed by atoms with Gasteiger partial charge in [0.05, 0.1) is 10.7 Å². The van der Waals surface area contributed by atoms with Crippen LogP contribution in [0, 0.1) is 0 Å². The van der Waals surface area contributed by atoms with Crippen LogP contribution < -0.4 is 16.0 Å². The second kappa shape index (κ2) is 6.78. The monoisotopic (exact) mass is 281 g/mol. The molecule has 1 aromatic rings. The van der Waals surface area contributed by atoms with Crippen molar-refractivity contribution in [1.29, 1.82) is 0 Å². The summed E-state index contributed by atoms with van der Waals surface area (Å²) in [5.74, 6) is -0.101. The van der Waals surface area contributed by atoms with Gasteiger partial charge in [0.2, 0.25) is 0 Å². The van der Waals surface area contributed by atoms with E-state index in [0.29, 0.717) is 16.6 Å². The average Bonchev–Trinajstić information content (AvgIpc) is 2.46. The molecule has 1 heterocycles. The van der Waals surface area contributed by atoms with E-state index in [1.807, 2.05) is 0 Å². The van der Waals surface area contributed by atoms with Crippen molar-refractivity contribution in [1.82, 2.24) is 10.6 Å². The van der Waals surface area contributed by atoms with Gasteiger partial charge in [-0.3, -0.25) is 4.79 Å². The maximum atomic E-state index is 11.6. The number of rotatable bonds is 4. The molecule has 4 nitrogen and oxygen atoms in total. The van der Waals surface area contributed by atoms with Crippen LogP contribution in [-0.4, -0.2) is 32.1 Å². The van der Waals surface area contributed by atoms with Gasteiger partial charge in [0.1, 0.15) is 0 Å². The fraction of sp³-hybridized carbons (Fsp3) is 0.500.